The number of likely N-dealkylation sites (tertiary alicyclic amines) is 1. The number of hydrogen-bond donors (Lipinski definition) is 2. The lowest BCUT2D eigenvalue weighted by Crippen LogP contribution is -2.54. The maximum absolute atomic E-state index is 13.2. The molecule has 4 amide bonds. The highest BCUT2D eigenvalue weighted by atomic mass is 16.2. The van der Waals surface area contributed by atoms with Gasteiger partial charge in [0.05, 0.1) is 11.1 Å². The maximum atomic E-state index is 13.2. The maximum Gasteiger partial charge on any atom is 0.262 e. The van der Waals surface area contributed by atoms with Crippen molar-refractivity contribution in [3.8, 4) is 0 Å². The number of nitrogens with zero attached hydrogens (tertiary/aromatic N) is 2. The Morgan fingerprint density at radius 2 is 1.86 bits per heavy atom. The van der Waals surface area contributed by atoms with Gasteiger partial charge in [0.25, 0.3) is 11.8 Å². The molecule has 0 bridgehead atoms. The molecule has 3 aliphatic heterocycles. The molecule has 2 saturated heterocycles. The van der Waals surface area contributed by atoms with Gasteiger partial charge in [-0.25, -0.2) is 0 Å². The van der Waals surface area contributed by atoms with E-state index in [2.05, 4.69) is 22.5 Å². The third-order valence-electron chi connectivity index (χ3n) is 6.51. The molecule has 0 spiro atoms. The van der Waals surface area contributed by atoms with Gasteiger partial charge >= 0.3 is 0 Å². The average molecular weight is 398 g/mol. The van der Waals surface area contributed by atoms with Crippen LogP contribution >= 0.6 is 0 Å². The van der Waals surface area contributed by atoms with Gasteiger partial charge in [-0.15, -0.1) is 0 Å². The number of imide groups is 2. The third-order valence-corrected chi connectivity index (χ3v) is 6.51. The quantitative estimate of drug-likeness (QED) is 0.723. The van der Waals surface area contributed by atoms with Crippen LogP contribution in [0.25, 0.3) is 0 Å². The molecule has 1 unspecified atom stereocenters. The summed E-state index contributed by atoms with van der Waals surface area (Å²) in [6, 6.07) is 4.37. The minimum absolute atomic E-state index is 0.120. The second kappa shape index (κ2) is 7.35. The van der Waals surface area contributed by atoms with Crippen molar-refractivity contribution < 1.29 is 19.2 Å². The van der Waals surface area contributed by atoms with Crippen LogP contribution in [0.4, 0.5) is 0 Å². The van der Waals surface area contributed by atoms with Crippen molar-refractivity contribution in [3.05, 3.63) is 34.9 Å². The van der Waals surface area contributed by atoms with Crippen LogP contribution < -0.4 is 10.6 Å². The molecule has 0 radical (unpaired) electrons. The van der Waals surface area contributed by atoms with Gasteiger partial charge in [0, 0.05) is 31.6 Å². The Balaban J connectivity index is 1.55. The summed E-state index contributed by atoms with van der Waals surface area (Å²) in [5.74, 6) is -1.85. The van der Waals surface area contributed by atoms with Crippen LogP contribution in [-0.2, 0) is 16.1 Å². The smallest absolute Gasteiger partial charge is 0.262 e. The fourth-order valence-electron chi connectivity index (χ4n) is 4.41. The van der Waals surface area contributed by atoms with Crippen molar-refractivity contribution in [2.24, 2.45) is 0 Å². The first-order valence-corrected chi connectivity index (χ1v) is 10.1. The van der Waals surface area contributed by atoms with Crippen molar-refractivity contribution in [1.29, 1.82) is 0 Å². The fraction of sp³-hybridized carbons (Fsp3) is 0.524. The van der Waals surface area contributed by atoms with Gasteiger partial charge in [-0.05, 0) is 44.9 Å². The summed E-state index contributed by atoms with van der Waals surface area (Å²) in [6.07, 6.45) is 2.30. The summed E-state index contributed by atoms with van der Waals surface area (Å²) in [6.45, 7) is 4.61. The lowest BCUT2D eigenvalue weighted by molar-refractivity contribution is -0.136. The van der Waals surface area contributed by atoms with Crippen molar-refractivity contribution >= 4 is 23.6 Å². The van der Waals surface area contributed by atoms with Gasteiger partial charge in [0.1, 0.15) is 6.04 Å². The number of hydrogen-bond acceptors (Lipinski definition) is 6. The van der Waals surface area contributed by atoms with Gasteiger partial charge in [-0.2, -0.15) is 0 Å². The first kappa shape index (κ1) is 19.7. The molecule has 0 aromatic heterocycles. The first-order valence-electron chi connectivity index (χ1n) is 10.1. The van der Waals surface area contributed by atoms with Crippen LogP contribution in [-0.4, -0.2) is 65.1 Å². The number of piperidine rings is 2. The average Bonchev–Trinajstić information content (AvgIpc) is 2.96. The van der Waals surface area contributed by atoms with E-state index in [4.69, 9.17) is 0 Å². The van der Waals surface area contributed by atoms with Crippen LogP contribution in [0.15, 0.2) is 18.2 Å². The predicted octanol–water partition coefficient (Wildman–Crippen LogP) is 0.662. The molecule has 1 atom stereocenters. The molecule has 1 aromatic rings. The summed E-state index contributed by atoms with van der Waals surface area (Å²) in [7, 11) is 1.98. The van der Waals surface area contributed by atoms with Crippen molar-refractivity contribution in [1.82, 2.24) is 20.4 Å². The Hall–Kier alpha value is -2.58. The van der Waals surface area contributed by atoms with E-state index < -0.39 is 23.8 Å². The van der Waals surface area contributed by atoms with Crippen LogP contribution in [0, 0.1) is 0 Å². The number of nitrogens with one attached hydrogen (secondary N) is 2. The van der Waals surface area contributed by atoms with Gasteiger partial charge in [0.2, 0.25) is 11.8 Å². The van der Waals surface area contributed by atoms with E-state index in [-0.39, 0.29) is 24.3 Å². The van der Waals surface area contributed by atoms with E-state index in [9.17, 15) is 19.2 Å². The third kappa shape index (κ3) is 3.47. The number of carbonyl (C=O) groups is 4. The van der Waals surface area contributed by atoms with Crippen LogP contribution in [0.2, 0.25) is 0 Å². The topological polar surface area (TPSA) is 98.8 Å². The summed E-state index contributed by atoms with van der Waals surface area (Å²) >= 11 is 0. The molecule has 2 N–H and O–H groups in total. The molecular formula is C21H26N4O4. The van der Waals surface area contributed by atoms with Crippen LogP contribution in [0.1, 0.15) is 58.9 Å². The minimum atomic E-state index is -0.931. The van der Waals surface area contributed by atoms with E-state index in [0.29, 0.717) is 17.7 Å². The van der Waals surface area contributed by atoms with E-state index in [0.717, 1.165) is 36.4 Å². The molecule has 3 aliphatic rings. The molecule has 8 heteroatoms. The van der Waals surface area contributed by atoms with Gasteiger partial charge in [0.15, 0.2) is 0 Å². The van der Waals surface area contributed by atoms with Gasteiger partial charge < -0.3 is 5.32 Å². The highest BCUT2D eigenvalue weighted by Crippen LogP contribution is 2.31. The Morgan fingerprint density at radius 3 is 2.52 bits per heavy atom. The Morgan fingerprint density at radius 1 is 1.14 bits per heavy atom. The fourth-order valence-corrected chi connectivity index (χ4v) is 4.41. The number of carbonyl (C=O) groups excluding carboxylic acids is 4. The number of fused-ring (bicyclic) bond motifs is 1. The largest absolute Gasteiger partial charge is 0.314 e. The molecule has 0 saturated carbocycles. The predicted molar refractivity (Wildman–Crippen MR) is 105 cm³/mol. The Bertz CT molecular complexity index is 889. The Labute approximate surface area is 169 Å². The van der Waals surface area contributed by atoms with Crippen molar-refractivity contribution in [3.63, 3.8) is 0 Å². The zero-order chi connectivity index (χ0) is 20.8. The zero-order valence-corrected chi connectivity index (χ0v) is 16.8. The van der Waals surface area contributed by atoms with Crippen molar-refractivity contribution in [2.45, 2.75) is 50.7 Å². The zero-order valence-electron chi connectivity index (χ0n) is 16.8. The highest BCUT2D eigenvalue weighted by Gasteiger charge is 2.45. The number of rotatable bonds is 4. The van der Waals surface area contributed by atoms with Gasteiger partial charge in [-0.1, -0.05) is 12.1 Å². The minimum Gasteiger partial charge on any atom is -0.314 e. The molecule has 154 valence electrons. The molecule has 29 heavy (non-hydrogen) atoms. The summed E-state index contributed by atoms with van der Waals surface area (Å²) in [5.41, 5.74) is 1.67. The summed E-state index contributed by atoms with van der Waals surface area (Å²) in [5, 5.41) is 5.60. The molecule has 1 aromatic carbocycles. The van der Waals surface area contributed by atoms with E-state index in [1.165, 1.54) is 0 Å². The standard InChI is InChI=1S/C21H26N4O4/c1-21(22-2)8-10-24(11-9-21)12-13-4-3-5-14-17(13)20(29)25(19(14)28)15-6-7-16(26)23-18(15)27/h3-5,15,22H,6-12H2,1-2H3,(H,23,26,27). The summed E-state index contributed by atoms with van der Waals surface area (Å²) in [4.78, 5) is 53.1. The molecule has 3 heterocycles. The molecule has 0 aliphatic carbocycles. The number of benzene rings is 1. The Kier molecular flexibility index (Phi) is 5.00. The monoisotopic (exact) mass is 398 g/mol. The molecular weight excluding hydrogens is 372 g/mol. The molecule has 8 nitrogen and oxygen atoms in total. The second-order valence-electron chi connectivity index (χ2n) is 8.37. The van der Waals surface area contributed by atoms with E-state index >= 15 is 0 Å². The lowest BCUT2D eigenvalue weighted by atomic mass is 9.89. The second-order valence-corrected chi connectivity index (χ2v) is 8.37. The SMILES string of the molecule is CNC1(C)CCN(Cc2cccc3c2C(=O)N(C2CCC(=O)NC2=O)C3=O)CC1. The number of amides is 4. The lowest BCUT2D eigenvalue weighted by Gasteiger charge is -2.39. The van der Waals surface area contributed by atoms with E-state index in [1.54, 1.807) is 12.1 Å². The van der Waals surface area contributed by atoms with Crippen LogP contribution in [0.3, 0.4) is 0 Å². The first-order chi connectivity index (χ1) is 13.8. The molecule has 2 fully saturated rings. The van der Waals surface area contributed by atoms with Crippen molar-refractivity contribution in [2.75, 3.05) is 20.1 Å². The molecule has 4 rings (SSSR count). The highest BCUT2D eigenvalue weighted by molar-refractivity contribution is 6.24. The van der Waals surface area contributed by atoms with Gasteiger partial charge in [-0.3, -0.25) is 34.3 Å². The van der Waals surface area contributed by atoms with E-state index in [1.807, 2.05) is 13.1 Å². The van der Waals surface area contributed by atoms with Crippen LogP contribution in [0.5, 0.6) is 0 Å². The summed E-state index contributed by atoms with van der Waals surface area (Å²) < 4.78 is 0. The normalized spacial score (nSPS) is 24.6.